The molecule has 1 radical (unpaired) electrons. The van der Waals surface area contributed by atoms with E-state index in [0.717, 1.165) is 0 Å². The molecule has 0 aromatic heterocycles. The van der Waals surface area contributed by atoms with Crippen LogP contribution in [0.5, 0.6) is 0 Å². The van der Waals surface area contributed by atoms with Crippen LogP contribution in [-0.4, -0.2) is 29.6 Å². The first-order valence-corrected chi connectivity index (χ1v) is 5.71. The molecule has 0 N–H and O–H groups in total. The SMILES string of the molecule is [Na].[O]=[U](=[O])=[O]. The zero-order chi connectivity index (χ0) is 3.58. The van der Waals surface area contributed by atoms with Gasteiger partial charge in [0.25, 0.3) is 0 Å². The average molecular weight is 309 g/mol. The molecule has 0 saturated carbocycles. The van der Waals surface area contributed by atoms with E-state index in [1.54, 1.807) is 0 Å². The first-order valence-electron chi connectivity index (χ1n) is 0.612. The van der Waals surface area contributed by atoms with Gasteiger partial charge in [0.15, 0.2) is 0 Å². The molecular weight excluding hydrogens is 309 g/mol. The van der Waals surface area contributed by atoms with Gasteiger partial charge in [0.1, 0.15) is 0 Å². The summed E-state index contributed by atoms with van der Waals surface area (Å²) in [7, 11) is 0. The van der Waals surface area contributed by atoms with E-state index in [-0.39, 0.29) is 29.6 Å². The summed E-state index contributed by atoms with van der Waals surface area (Å²) in [6, 6.07) is 0. The van der Waals surface area contributed by atoms with Gasteiger partial charge in [0, 0.05) is 29.6 Å². The Morgan fingerprint density at radius 3 is 1.00 bits per heavy atom. The molecule has 0 fully saturated rings. The van der Waals surface area contributed by atoms with Crippen molar-refractivity contribution in [3.8, 4) is 0 Å². The van der Waals surface area contributed by atoms with Crippen LogP contribution in [0, 0.1) is 26.2 Å². The second-order valence-electron chi connectivity index (χ2n) is 0.250. The van der Waals surface area contributed by atoms with Crippen LogP contribution >= 0.6 is 0 Å². The quantitative estimate of drug-likeness (QED) is 0.554. The van der Waals surface area contributed by atoms with Crippen LogP contribution in [-0.2, 0) is 6.71 Å². The fourth-order valence-electron chi connectivity index (χ4n) is 0. The number of hydrogen-bond donors (Lipinski definition) is 0. The minimum absolute atomic E-state index is 0. The summed E-state index contributed by atoms with van der Waals surface area (Å²) in [4.78, 5) is 0. The Balaban J connectivity index is 0. The third-order valence-electron chi connectivity index (χ3n) is 0. The van der Waals surface area contributed by atoms with E-state index in [9.17, 15) is 0 Å². The van der Waals surface area contributed by atoms with Crippen molar-refractivity contribution in [2.24, 2.45) is 0 Å². The summed E-state index contributed by atoms with van der Waals surface area (Å²) < 4.78 is 25.9. The fourth-order valence-corrected chi connectivity index (χ4v) is 0. The van der Waals surface area contributed by atoms with Gasteiger partial charge in [-0.25, -0.2) is 0 Å². The summed E-state index contributed by atoms with van der Waals surface area (Å²) in [5.41, 5.74) is 0. The third-order valence-corrected chi connectivity index (χ3v) is 0. The Labute approximate surface area is 61.4 Å². The molecule has 0 saturated heterocycles. The van der Waals surface area contributed by atoms with Crippen molar-refractivity contribution < 1.29 is 32.9 Å². The molecule has 5 heavy (non-hydrogen) atoms. The Hall–Kier alpha value is 1.45. The second-order valence-corrected chi connectivity index (χ2v) is 2.33. The zero-order valence-electron chi connectivity index (χ0n) is 2.72. The minimum atomic E-state index is -4.48. The van der Waals surface area contributed by atoms with E-state index in [0.29, 0.717) is 0 Å². The van der Waals surface area contributed by atoms with E-state index >= 15 is 0 Å². The monoisotopic (exact) mass is 309 g/mol. The average Bonchev–Trinajstić information content (AvgIpc) is 0.811. The van der Waals surface area contributed by atoms with Gasteiger partial charge in [-0.3, -0.25) is 0 Å². The summed E-state index contributed by atoms with van der Waals surface area (Å²) in [5, 5.41) is 0. The zero-order valence-corrected chi connectivity index (χ0v) is 8.89. The summed E-state index contributed by atoms with van der Waals surface area (Å²) >= 11 is -4.48. The van der Waals surface area contributed by atoms with Crippen molar-refractivity contribution in [2.75, 3.05) is 0 Å². The van der Waals surface area contributed by atoms with Gasteiger partial charge in [-0.2, -0.15) is 0 Å². The molecule has 3 nitrogen and oxygen atoms in total. The third kappa shape index (κ3) is 30.8. The van der Waals surface area contributed by atoms with Gasteiger partial charge in [0.05, 0.1) is 0 Å². The van der Waals surface area contributed by atoms with Crippen molar-refractivity contribution in [1.29, 1.82) is 0 Å². The number of rotatable bonds is 0. The van der Waals surface area contributed by atoms with Crippen molar-refractivity contribution >= 4 is 29.6 Å². The normalized spacial score (nSPS) is 4.80. The summed E-state index contributed by atoms with van der Waals surface area (Å²) in [6.07, 6.45) is 0. The van der Waals surface area contributed by atoms with Crippen LogP contribution < -0.4 is 0 Å². The predicted molar refractivity (Wildman–Crippen MR) is 7.81 cm³/mol. The molecule has 5 heteroatoms. The van der Waals surface area contributed by atoms with Crippen molar-refractivity contribution in [2.45, 2.75) is 0 Å². The Morgan fingerprint density at radius 1 is 1.00 bits per heavy atom. The summed E-state index contributed by atoms with van der Waals surface area (Å²) in [5.74, 6) is 0. The maximum atomic E-state index is 8.64. The molecule has 23 valence electrons. The molecule has 0 aromatic carbocycles. The molecular formula is NaO3U. The molecule has 0 aliphatic carbocycles. The molecule has 0 aliphatic rings. The number of hydrogen-bond acceptors (Lipinski definition) is 3. The van der Waals surface area contributed by atoms with Crippen LogP contribution in [0.3, 0.4) is 0 Å². The van der Waals surface area contributed by atoms with Gasteiger partial charge < -0.3 is 0 Å². The Morgan fingerprint density at radius 2 is 1.00 bits per heavy atom. The molecule has 0 unspecified atom stereocenters. The van der Waals surface area contributed by atoms with Crippen LogP contribution in [0.4, 0.5) is 0 Å². The van der Waals surface area contributed by atoms with Gasteiger partial charge in [-0.1, -0.05) is 0 Å². The maximum absolute atomic E-state index is 8.64. The van der Waals surface area contributed by atoms with Crippen molar-refractivity contribution in [3.63, 3.8) is 0 Å². The molecule has 0 aliphatic heterocycles. The van der Waals surface area contributed by atoms with Gasteiger partial charge in [0.2, 0.25) is 0 Å². The molecule has 0 bridgehead atoms. The van der Waals surface area contributed by atoms with Crippen LogP contribution in [0.15, 0.2) is 0 Å². The van der Waals surface area contributed by atoms with E-state index in [4.69, 9.17) is 6.71 Å². The predicted octanol–water partition coefficient (Wildman–Crippen LogP) is -0.737. The fraction of sp³-hybridized carbons (Fsp3) is 0. The van der Waals surface area contributed by atoms with Gasteiger partial charge in [-0.15, -0.1) is 0 Å². The topological polar surface area (TPSA) is 51.2 Å². The van der Waals surface area contributed by atoms with Crippen LogP contribution in [0.25, 0.3) is 0 Å². The molecule has 0 heterocycles. The van der Waals surface area contributed by atoms with E-state index in [1.807, 2.05) is 0 Å². The first kappa shape index (κ1) is 9.68. The van der Waals surface area contributed by atoms with Gasteiger partial charge >= 0.3 is 32.9 Å². The van der Waals surface area contributed by atoms with E-state index in [2.05, 4.69) is 0 Å². The van der Waals surface area contributed by atoms with Gasteiger partial charge in [-0.05, 0) is 0 Å². The summed E-state index contributed by atoms with van der Waals surface area (Å²) in [6.45, 7) is 0. The van der Waals surface area contributed by atoms with Crippen molar-refractivity contribution in [3.05, 3.63) is 0 Å². The van der Waals surface area contributed by atoms with Crippen LogP contribution in [0.1, 0.15) is 0 Å². The molecule has 0 aromatic rings. The van der Waals surface area contributed by atoms with Crippen molar-refractivity contribution in [1.82, 2.24) is 0 Å². The van der Waals surface area contributed by atoms with E-state index < -0.39 is 26.2 Å². The second kappa shape index (κ2) is 5.45. The Kier molecular flexibility index (Phi) is 10.6. The van der Waals surface area contributed by atoms with E-state index in [1.165, 1.54) is 0 Å². The molecule has 0 amide bonds. The molecule has 0 spiro atoms. The Bertz CT molecular complexity index is 76.3. The standard InChI is InChI=1S/Na.3O.U. The van der Waals surface area contributed by atoms with Crippen LogP contribution in [0.2, 0.25) is 0 Å². The molecule has 0 atom stereocenters. The molecule has 0 rings (SSSR count). The first-order chi connectivity index (χ1) is 1.73.